The van der Waals surface area contributed by atoms with E-state index in [1.54, 1.807) is 0 Å². The number of hydrogen-bond donors (Lipinski definition) is 2. The van der Waals surface area contributed by atoms with Gasteiger partial charge in [-0.2, -0.15) is 0 Å². The van der Waals surface area contributed by atoms with Gasteiger partial charge in [-0.15, -0.1) is 11.3 Å². The van der Waals surface area contributed by atoms with E-state index in [0.717, 1.165) is 19.5 Å². The van der Waals surface area contributed by atoms with Crippen molar-refractivity contribution in [2.24, 2.45) is 5.41 Å². The second kappa shape index (κ2) is 6.64. The molecule has 0 aliphatic carbocycles. The molecular weight excluding hydrogens is 242 g/mol. The Bertz CT molecular complexity index is 356. The maximum Gasteiger partial charge on any atom is 0.107 e. The number of nitrogens with zero attached hydrogens (tertiary/aromatic N) is 1. The van der Waals surface area contributed by atoms with E-state index in [2.05, 4.69) is 29.5 Å². The zero-order valence-corrected chi connectivity index (χ0v) is 12.4. The van der Waals surface area contributed by atoms with Gasteiger partial charge in [0.2, 0.25) is 0 Å². The van der Waals surface area contributed by atoms with E-state index < -0.39 is 0 Å². The van der Waals surface area contributed by atoms with Gasteiger partial charge in [0.05, 0.1) is 0 Å². The summed E-state index contributed by atoms with van der Waals surface area (Å²) in [5, 5.41) is 8.35. The van der Waals surface area contributed by atoms with E-state index in [1.165, 1.54) is 42.2 Å². The Morgan fingerprint density at radius 3 is 3.00 bits per heavy atom. The highest BCUT2D eigenvalue weighted by molar-refractivity contribution is 7.11. The average Bonchev–Trinajstić information content (AvgIpc) is 2.99. The molecule has 1 saturated heterocycles. The average molecular weight is 267 g/mol. The molecule has 0 aromatic carbocycles. The zero-order valence-electron chi connectivity index (χ0n) is 11.6. The Hall–Kier alpha value is -0.450. The molecule has 3 nitrogen and oxygen atoms in total. The number of aromatic nitrogens is 1. The molecule has 1 unspecified atom stereocenters. The van der Waals surface area contributed by atoms with Crippen LogP contribution in [0.2, 0.25) is 0 Å². The molecular formula is C14H25N3S. The fraction of sp³-hybridized carbons (Fsp3) is 0.786. The van der Waals surface area contributed by atoms with Crippen LogP contribution in [-0.2, 0) is 13.0 Å². The molecule has 0 radical (unpaired) electrons. The van der Waals surface area contributed by atoms with E-state index in [4.69, 9.17) is 0 Å². The second-order valence-electron chi connectivity index (χ2n) is 5.35. The smallest absolute Gasteiger partial charge is 0.107 e. The Morgan fingerprint density at radius 1 is 1.50 bits per heavy atom. The monoisotopic (exact) mass is 267 g/mol. The Balaban J connectivity index is 1.79. The molecule has 0 amide bonds. The highest BCUT2D eigenvalue weighted by Gasteiger charge is 2.32. The molecule has 1 aliphatic rings. The van der Waals surface area contributed by atoms with Crippen LogP contribution >= 0.6 is 11.3 Å². The SMILES string of the molecule is CCCC1(CNCc2ncc(CC)s2)CCNC1. The molecule has 102 valence electrons. The third kappa shape index (κ3) is 3.53. The maximum absolute atomic E-state index is 4.46. The van der Waals surface area contributed by atoms with Crippen molar-refractivity contribution in [3.63, 3.8) is 0 Å². The predicted molar refractivity (Wildman–Crippen MR) is 78.0 cm³/mol. The first-order valence-corrected chi connectivity index (χ1v) is 7.94. The van der Waals surface area contributed by atoms with Crippen molar-refractivity contribution in [3.05, 3.63) is 16.1 Å². The minimum atomic E-state index is 0.486. The van der Waals surface area contributed by atoms with Gasteiger partial charge in [-0.25, -0.2) is 4.98 Å². The van der Waals surface area contributed by atoms with Crippen molar-refractivity contribution < 1.29 is 0 Å². The van der Waals surface area contributed by atoms with Gasteiger partial charge in [0.15, 0.2) is 0 Å². The van der Waals surface area contributed by atoms with Crippen LogP contribution in [0.15, 0.2) is 6.20 Å². The third-order valence-electron chi connectivity index (χ3n) is 3.84. The fourth-order valence-corrected chi connectivity index (χ4v) is 3.64. The minimum absolute atomic E-state index is 0.486. The van der Waals surface area contributed by atoms with Crippen molar-refractivity contribution in [1.82, 2.24) is 15.6 Å². The number of rotatable bonds is 7. The highest BCUT2D eigenvalue weighted by Crippen LogP contribution is 2.30. The van der Waals surface area contributed by atoms with Crippen LogP contribution in [0.4, 0.5) is 0 Å². The van der Waals surface area contributed by atoms with Crippen molar-refractivity contribution >= 4 is 11.3 Å². The number of thiazole rings is 1. The van der Waals surface area contributed by atoms with Gasteiger partial charge in [0.25, 0.3) is 0 Å². The van der Waals surface area contributed by atoms with Crippen LogP contribution in [-0.4, -0.2) is 24.6 Å². The molecule has 4 heteroatoms. The quantitative estimate of drug-likeness (QED) is 0.797. The van der Waals surface area contributed by atoms with Gasteiger partial charge in [0, 0.05) is 30.7 Å². The first-order valence-electron chi connectivity index (χ1n) is 7.13. The summed E-state index contributed by atoms with van der Waals surface area (Å²) in [7, 11) is 0. The van der Waals surface area contributed by atoms with Crippen LogP contribution < -0.4 is 10.6 Å². The molecule has 2 N–H and O–H groups in total. The molecule has 0 bridgehead atoms. The van der Waals surface area contributed by atoms with Crippen LogP contribution in [0, 0.1) is 5.41 Å². The van der Waals surface area contributed by atoms with Crippen LogP contribution in [0.25, 0.3) is 0 Å². The Labute approximate surface area is 114 Å². The lowest BCUT2D eigenvalue weighted by molar-refractivity contribution is 0.276. The summed E-state index contributed by atoms with van der Waals surface area (Å²) in [6.45, 7) is 8.87. The van der Waals surface area contributed by atoms with E-state index in [1.807, 2.05) is 17.5 Å². The lowest BCUT2D eigenvalue weighted by Crippen LogP contribution is -2.35. The molecule has 18 heavy (non-hydrogen) atoms. The summed E-state index contributed by atoms with van der Waals surface area (Å²) in [5.74, 6) is 0. The summed E-state index contributed by atoms with van der Waals surface area (Å²) in [6, 6.07) is 0. The number of aryl methyl sites for hydroxylation is 1. The van der Waals surface area contributed by atoms with Gasteiger partial charge >= 0.3 is 0 Å². The minimum Gasteiger partial charge on any atom is -0.316 e. The van der Waals surface area contributed by atoms with Crippen molar-refractivity contribution in [1.29, 1.82) is 0 Å². The summed E-state index contributed by atoms with van der Waals surface area (Å²) in [6.07, 6.45) is 7.03. The first-order chi connectivity index (χ1) is 8.78. The van der Waals surface area contributed by atoms with Crippen molar-refractivity contribution in [2.75, 3.05) is 19.6 Å². The van der Waals surface area contributed by atoms with Gasteiger partial charge < -0.3 is 10.6 Å². The van der Waals surface area contributed by atoms with Crippen LogP contribution in [0.3, 0.4) is 0 Å². The van der Waals surface area contributed by atoms with E-state index in [9.17, 15) is 0 Å². The topological polar surface area (TPSA) is 37.0 Å². The Kier molecular flexibility index (Phi) is 5.15. The largest absolute Gasteiger partial charge is 0.316 e. The molecule has 0 saturated carbocycles. The van der Waals surface area contributed by atoms with Gasteiger partial charge in [-0.05, 0) is 31.2 Å². The number of nitrogens with one attached hydrogen (secondary N) is 2. The third-order valence-corrected chi connectivity index (χ3v) is 4.98. The normalized spacial score (nSPS) is 23.7. The standard InChI is InChI=1S/C14H25N3S/c1-3-5-14(6-7-15-10-14)11-16-9-13-17-8-12(4-2)18-13/h8,15-16H,3-7,9-11H2,1-2H3. The fourth-order valence-electron chi connectivity index (χ4n) is 2.81. The molecule has 1 aliphatic heterocycles. The highest BCUT2D eigenvalue weighted by atomic mass is 32.1. The Morgan fingerprint density at radius 2 is 2.39 bits per heavy atom. The number of hydrogen-bond acceptors (Lipinski definition) is 4. The predicted octanol–water partition coefficient (Wildman–Crippen LogP) is 2.57. The summed E-state index contributed by atoms with van der Waals surface area (Å²) < 4.78 is 0. The molecule has 1 aromatic rings. The first kappa shape index (κ1) is 14.0. The molecule has 0 spiro atoms. The lowest BCUT2D eigenvalue weighted by Gasteiger charge is -2.28. The van der Waals surface area contributed by atoms with Crippen LogP contribution in [0.5, 0.6) is 0 Å². The lowest BCUT2D eigenvalue weighted by atomic mass is 9.82. The molecule has 2 heterocycles. The van der Waals surface area contributed by atoms with E-state index in [-0.39, 0.29) is 0 Å². The van der Waals surface area contributed by atoms with Crippen molar-refractivity contribution in [3.8, 4) is 0 Å². The molecule has 1 aromatic heterocycles. The molecule has 2 rings (SSSR count). The van der Waals surface area contributed by atoms with E-state index in [0.29, 0.717) is 5.41 Å². The maximum atomic E-state index is 4.46. The van der Waals surface area contributed by atoms with Gasteiger partial charge in [-0.1, -0.05) is 20.3 Å². The molecule has 1 atom stereocenters. The van der Waals surface area contributed by atoms with Gasteiger partial charge in [-0.3, -0.25) is 0 Å². The second-order valence-corrected chi connectivity index (χ2v) is 6.55. The summed E-state index contributed by atoms with van der Waals surface area (Å²) in [4.78, 5) is 5.85. The van der Waals surface area contributed by atoms with Gasteiger partial charge in [0.1, 0.15) is 5.01 Å². The summed E-state index contributed by atoms with van der Waals surface area (Å²) >= 11 is 1.84. The van der Waals surface area contributed by atoms with Crippen molar-refractivity contribution in [2.45, 2.75) is 46.1 Å². The van der Waals surface area contributed by atoms with E-state index >= 15 is 0 Å². The molecule has 1 fully saturated rings. The summed E-state index contributed by atoms with van der Waals surface area (Å²) in [5.41, 5.74) is 0.486. The van der Waals surface area contributed by atoms with Crippen LogP contribution in [0.1, 0.15) is 43.0 Å². The zero-order chi connectivity index (χ0) is 12.8.